The highest BCUT2D eigenvalue weighted by molar-refractivity contribution is 6.32. The van der Waals surface area contributed by atoms with Crippen molar-refractivity contribution in [2.75, 3.05) is 11.9 Å². The van der Waals surface area contributed by atoms with Crippen LogP contribution < -0.4 is 10.1 Å². The van der Waals surface area contributed by atoms with E-state index in [0.29, 0.717) is 18.0 Å². The predicted molar refractivity (Wildman–Crippen MR) is 79.7 cm³/mol. The van der Waals surface area contributed by atoms with Crippen molar-refractivity contribution in [3.05, 3.63) is 35.4 Å². The first-order chi connectivity index (χ1) is 10.0. The highest BCUT2D eigenvalue weighted by atomic mass is 35.5. The number of allylic oxidation sites excluding steroid dienone is 2. The number of hydrogen-bond donors (Lipinski definition) is 2. The van der Waals surface area contributed by atoms with Crippen LogP contribution in [0.15, 0.2) is 30.4 Å². The van der Waals surface area contributed by atoms with Crippen LogP contribution in [0.5, 0.6) is 5.75 Å². The van der Waals surface area contributed by atoms with Gasteiger partial charge in [0.1, 0.15) is 5.75 Å². The molecule has 1 aliphatic carbocycles. The fraction of sp³-hybridized carbons (Fsp3) is 0.333. The fourth-order valence-corrected chi connectivity index (χ4v) is 2.39. The van der Waals surface area contributed by atoms with Crippen molar-refractivity contribution < 1.29 is 19.4 Å². The molecule has 0 aromatic heterocycles. The van der Waals surface area contributed by atoms with E-state index < -0.39 is 12.6 Å². The average molecular weight is 310 g/mol. The minimum absolute atomic E-state index is 0.0678. The Kier molecular flexibility index (Phi) is 5.22. The van der Waals surface area contributed by atoms with E-state index in [1.807, 2.05) is 0 Å². The highest BCUT2D eigenvalue weighted by Gasteiger charge is 2.14. The van der Waals surface area contributed by atoms with Crippen molar-refractivity contribution >= 4 is 29.2 Å². The summed E-state index contributed by atoms with van der Waals surface area (Å²) in [7, 11) is 0. The Labute approximate surface area is 127 Å². The summed E-state index contributed by atoms with van der Waals surface area (Å²) in [6.07, 6.45) is 6.64. The van der Waals surface area contributed by atoms with E-state index in [-0.39, 0.29) is 16.7 Å². The Morgan fingerprint density at radius 2 is 2.24 bits per heavy atom. The monoisotopic (exact) mass is 309 g/mol. The molecule has 112 valence electrons. The maximum Gasteiger partial charge on any atom is 0.341 e. The third-order valence-corrected chi connectivity index (χ3v) is 3.42. The number of halogens is 1. The highest BCUT2D eigenvalue weighted by Crippen LogP contribution is 2.28. The van der Waals surface area contributed by atoms with Gasteiger partial charge in [-0.25, -0.2) is 4.79 Å². The SMILES string of the molecule is O=C(O)COc1ccc(NC(=O)CC2C=CCC2)cc1Cl. The van der Waals surface area contributed by atoms with Gasteiger partial charge in [0, 0.05) is 12.1 Å². The minimum atomic E-state index is -1.08. The van der Waals surface area contributed by atoms with Gasteiger partial charge in [0.25, 0.3) is 0 Å². The Hall–Kier alpha value is -2.01. The molecule has 1 aromatic carbocycles. The maximum absolute atomic E-state index is 11.9. The molecule has 1 amide bonds. The summed E-state index contributed by atoms with van der Waals surface area (Å²) in [5.74, 6) is -0.565. The van der Waals surface area contributed by atoms with Crippen molar-refractivity contribution in [1.29, 1.82) is 0 Å². The molecule has 6 heteroatoms. The molecule has 1 unspecified atom stereocenters. The normalized spacial score (nSPS) is 16.7. The second kappa shape index (κ2) is 7.13. The van der Waals surface area contributed by atoms with Crippen LogP contribution in [-0.4, -0.2) is 23.6 Å². The molecule has 0 fully saturated rings. The number of carboxylic acid groups (broad SMARTS) is 1. The summed E-state index contributed by atoms with van der Waals surface area (Å²) in [6, 6.07) is 4.71. The van der Waals surface area contributed by atoms with E-state index in [4.69, 9.17) is 21.4 Å². The molecule has 21 heavy (non-hydrogen) atoms. The van der Waals surface area contributed by atoms with Crippen molar-refractivity contribution in [2.45, 2.75) is 19.3 Å². The summed E-state index contributed by atoms with van der Waals surface area (Å²) < 4.78 is 5.01. The minimum Gasteiger partial charge on any atom is -0.480 e. The largest absolute Gasteiger partial charge is 0.480 e. The van der Waals surface area contributed by atoms with Crippen LogP contribution in [0, 0.1) is 5.92 Å². The van der Waals surface area contributed by atoms with Gasteiger partial charge in [-0.2, -0.15) is 0 Å². The molecule has 0 saturated heterocycles. The number of carboxylic acids is 1. The first-order valence-electron chi connectivity index (χ1n) is 6.65. The van der Waals surface area contributed by atoms with E-state index >= 15 is 0 Å². The second-order valence-electron chi connectivity index (χ2n) is 4.85. The number of hydrogen-bond acceptors (Lipinski definition) is 3. The molecule has 1 atom stereocenters. The molecule has 0 saturated carbocycles. The van der Waals surface area contributed by atoms with Crippen molar-refractivity contribution in [3.8, 4) is 5.75 Å². The molecule has 1 aliphatic rings. The van der Waals surface area contributed by atoms with Gasteiger partial charge >= 0.3 is 5.97 Å². The quantitative estimate of drug-likeness (QED) is 0.792. The van der Waals surface area contributed by atoms with Crippen molar-refractivity contribution in [1.82, 2.24) is 0 Å². The van der Waals surface area contributed by atoms with E-state index in [0.717, 1.165) is 12.8 Å². The van der Waals surface area contributed by atoms with Crippen molar-refractivity contribution in [3.63, 3.8) is 0 Å². The number of rotatable bonds is 6. The standard InChI is InChI=1S/C15H16ClNO4/c16-12-8-11(5-6-13(12)21-9-15(19)20)17-14(18)7-10-3-1-2-4-10/h1,3,5-6,8,10H,2,4,7,9H2,(H,17,18)(H,19,20). The van der Waals surface area contributed by atoms with Crippen LogP contribution in [0.2, 0.25) is 5.02 Å². The first kappa shape index (κ1) is 15.4. The number of aliphatic carboxylic acids is 1. The van der Waals surface area contributed by atoms with E-state index in [1.165, 1.54) is 6.07 Å². The molecule has 2 N–H and O–H groups in total. The van der Waals surface area contributed by atoms with Gasteiger partial charge in [-0.15, -0.1) is 0 Å². The van der Waals surface area contributed by atoms with Gasteiger partial charge < -0.3 is 15.2 Å². The van der Waals surface area contributed by atoms with Gasteiger partial charge in [0.05, 0.1) is 5.02 Å². The molecule has 0 radical (unpaired) electrons. The van der Waals surface area contributed by atoms with E-state index in [1.54, 1.807) is 12.1 Å². The lowest BCUT2D eigenvalue weighted by molar-refractivity contribution is -0.139. The maximum atomic E-state index is 11.9. The number of anilines is 1. The molecule has 0 spiro atoms. The summed E-state index contributed by atoms with van der Waals surface area (Å²) in [4.78, 5) is 22.3. The Bertz CT molecular complexity index is 571. The molecule has 5 nitrogen and oxygen atoms in total. The lowest BCUT2D eigenvalue weighted by atomic mass is 10.1. The van der Waals surface area contributed by atoms with Gasteiger partial charge in [0.2, 0.25) is 5.91 Å². The van der Waals surface area contributed by atoms with E-state index in [9.17, 15) is 9.59 Å². The van der Waals surface area contributed by atoms with Gasteiger partial charge in [-0.1, -0.05) is 23.8 Å². The Morgan fingerprint density at radius 3 is 2.86 bits per heavy atom. The number of benzene rings is 1. The molecule has 0 bridgehead atoms. The predicted octanol–water partition coefficient (Wildman–Crippen LogP) is 3.10. The summed E-state index contributed by atoms with van der Waals surface area (Å²) >= 11 is 5.99. The number of nitrogens with one attached hydrogen (secondary N) is 1. The Balaban J connectivity index is 1.91. The van der Waals surface area contributed by atoms with Gasteiger partial charge in [0.15, 0.2) is 6.61 Å². The van der Waals surface area contributed by atoms with Crippen LogP contribution in [0.3, 0.4) is 0 Å². The first-order valence-corrected chi connectivity index (χ1v) is 7.03. The van der Waals surface area contributed by atoms with Gasteiger partial charge in [-0.3, -0.25) is 4.79 Å². The molecular weight excluding hydrogens is 294 g/mol. The topological polar surface area (TPSA) is 75.6 Å². The molecule has 0 heterocycles. The number of carbonyl (C=O) groups is 2. The smallest absolute Gasteiger partial charge is 0.341 e. The van der Waals surface area contributed by atoms with Crippen LogP contribution in [0.4, 0.5) is 5.69 Å². The number of amides is 1. The van der Waals surface area contributed by atoms with Gasteiger partial charge in [-0.05, 0) is 37.0 Å². The summed E-state index contributed by atoms with van der Waals surface area (Å²) in [5, 5.41) is 11.6. The average Bonchev–Trinajstić information content (AvgIpc) is 2.90. The molecule has 0 aliphatic heterocycles. The zero-order valence-corrected chi connectivity index (χ0v) is 12.1. The zero-order valence-electron chi connectivity index (χ0n) is 11.3. The van der Waals surface area contributed by atoms with Crippen LogP contribution in [-0.2, 0) is 9.59 Å². The van der Waals surface area contributed by atoms with Crippen LogP contribution in [0.1, 0.15) is 19.3 Å². The fourth-order valence-electron chi connectivity index (χ4n) is 2.15. The van der Waals surface area contributed by atoms with Crippen LogP contribution >= 0.6 is 11.6 Å². The Morgan fingerprint density at radius 1 is 1.43 bits per heavy atom. The van der Waals surface area contributed by atoms with Crippen molar-refractivity contribution in [2.24, 2.45) is 5.92 Å². The molecule has 1 aromatic rings. The second-order valence-corrected chi connectivity index (χ2v) is 5.25. The van der Waals surface area contributed by atoms with Crippen LogP contribution in [0.25, 0.3) is 0 Å². The number of ether oxygens (including phenoxy) is 1. The molecule has 2 rings (SSSR count). The lowest BCUT2D eigenvalue weighted by Gasteiger charge is -2.11. The third kappa shape index (κ3) is 4.79. The lowest BCUT2D eigenvalue weighted by Crippen LogP contribution is -2.15. The zero-order chi connectivity index (χ0) is 15.2. The third-order valence-electron chi connectivity index (χ3n) is 3.13. The van der Waals surface area contributed by atoms with E-state index in [2.05, 4.69) is 17.5 Å². The summed E-state index contributed by atoms with van der Waals surface area (Å²) in [6.45, 7) is -0.459. The number of carbonyl (C=O) groups excluding carboxylic acids is 1. The summed E-state index contributed by atoms with van der Waals surface area (Å²) in [5.41, 5.74) is 0.564. The molecular formula is C15H16ClNO4.